The summed E-state index contributed by atoms with van der Waals surface area (Å²) < 4.78 is 0. The van der Waals surface area contributed by atoms with Gasteiger partial charge in [-0.05, 0) is 51.0 Å². The Balaban J connectivity index is 2.65. The molecular weight excluding hydrogens is 236 g/mol. The average Bonchev–Trinajstić information content (AvgIpc) is 2.46. The second-order valence-electron chi connectivity index (χ2n) is 5.67. The van der Waals surface area contributed by atoms with Crippen LogP contribution in [-0.4, -0.2) is 11.6 Å². The zero-order valence-corrected chi connectivity index (χ0v) is 12.1. The van der Waals surface area contributed by atoms with Crippen LogP contribution in [0.25, 0.3) is 0 Å². The van der Waals surface area contributed by atoms with Crippen LogP contribution in [0.1, 0.15) is 46.5 Å². The Kier molecular flexibility index (Phi) is 3.88. The second kappa shape index (κ2) is 5.28. The van der Waals surface area contributed by atoms with Crippen molar-refractivity contribution in [2.24, 2.45) is 11.8 Å². The van der Waals surface area contributed by atoms with E-state index < -0.39 is 0 Å². The maximum Gasteiger partial charge on any atom is 0.184 e. The van der Waals surface area contributed by atoms with Gasteiger partial charge in [-0.15, -0.1) is 0 Å². The summed E-state index contributed by atoms with van der Waals surface area (Å²) >= 11 is 0. The highest BCUT2D eigenvalue weighted by molar-refractivity contribution is 6.13. The first-order valence-electron chi connectivity index (χ1n) is 7.12. The summed E-state index contributed by atoms with van der Waals surface area (Å²) in [6.07, 6.45) is 5.81. The van der Waals surface area contributed by atoms with Gasteiger partial charge in [0.2, 0.25) is 0 Å². The van der Waals surface area contributed by atoms with Crippen LogP contribution in [0.2, 0.25) is 0 Å². The standard InChI is InChI=1S/C17H22O2/c1-5-14-16(12(4)18)15-10(2)7-6-8-13(15)9-11(3)17(14)19/h9,13,15H,2,5-8H2,1,3-4H3. The van der Waals surface area contributed by atoms with Gasteiger partial charge in [-0.3, -0.25) is 9.59 Å². The third kappa shape index (κ3) is 2.36. The van der Waals surface area contributed by atoms with Gasteiger partial charge < -0.3 is 0 Å². The number of hydrogen-bond donors (Lipinski definition) is 0. The molecule has 2 atom stereocenters. The van der Waals surface area contributed by atoms with Gasteiger partial charge in [-0.1, -0.05) is 25.2 Å². The molecule has 2 aliphatic rings. The number of carbonyl (C=O) groups excluding carboxylic acids is 2. The summed E-state index contributed by atoms with van der Waals surface area (Å²) in [6.45, 7) is 9.57. The second-order valence-corrected chi connectivity index (χ2v) is 5.67. The molecule has 0 N–H and O–H groups in total. The Morgan fingerprint density at radius 1 is 1.47 bits per heavy atom. The fourth-order valence-electron chi connectivity index (χ4n) is 3.51. The molecule has 0 spiro atoms. The first-order chi connectivity index (χ1) is 8.97. The maximum atomic E-state index is 12.4. The van der Waals surface area contributed by atoms with Crippen molar-refractivity contribution in [2.75, 3.05) is 0 Å². The van der Waals surface area contributed by atoms with Gasteiger partial charge in [0.15, 0.2) is 11.6 Å². The maximum absolute atomic E-state index is 12.4. The molecule has 0 saturated heterocycles. The molecule has 0 aromatic rings. The molecule has 2 nitrogen and oxygen atoms in total. The number of ketones is 2. The van der Waals surface area contributed by atoms with Gasteiger partial charge in [-0.2, -0.15) is 0 Å². The van der Waals surface area contributed by atoms with Crippen molar-refractivity contribution in [1.29, 1.82) is 0 Å². The molecule has 0 aromatic heterocycles. The quantitative estimate of drug-likeness (QED) is 0.706. The average molecular weight is 258 g/mol. The molecule has 2 unspecified atom stereocenters. The van der Waals surface area contributed by atoms with Crippen LogP contribution in [0, 0.1) is 11.8 Å². The summed E-state index contributed by atoms with van der Waals surface area (Å²) in [7, 11) is 0. The Morgan fingerprint density at radius 3 is 2.74 bits per heavy atom. The van der Waals surface area contributed by atoms with Crippen molar-refractivity contribution >= 4 is 11.6 Å². The van der Waals surface area contributed by atoms with Crippen molar-refractivity contribution < 1.29 is 9.59 Å². The fourth-order valence-corrected chi connectivity index (χ4v) is 3.51. The highest BCUT2D eigenvalue weighted by Crippen LogP contribution is 2.43. The molecule has 1 saturated carbocycles. The Hall–Kier alpha value is -1.44. The van der Waals surface area contributed by atoms with E-state index >= 15 is 0 Å². The van der Waals surface area contributed by atoms with Crippen molar-refractivity contribution in [1.82, 2.24) is 0 Å². The monoisotopic (exact) mass is 258 g/mol. The van der Waals surface area contributed by atoms with Crippen LogP contribution in [0.3, 0.4) is 0 Å². The molecule has 0 aromatic carbocycles. The van der Waals surface area contributed by atoms with Gasteiger partial charge in [0.25, 0.3) is 0 Å². The van der Waals surface area contributed by atoms with E-state index in [4.69, 9.17) is 0 Å². The third-order valence-electron chi connectivity index (χ3n) is 4.37. The normalized spacial score (nSPS) is 27.8. The van der Waals surface area contributed by atoms with Gasteiger partial charge in [0, 0.05) is 17.1 Å². The minimum absolute atomic E-state index is 0.0337. The van der Waals surface area contributed by atoms with Gasteiger partial charge >= 0.3 is 0 Å². The first kappa shape index (κ1) is 14.0. The van der Waals surface area contributed by atoms with Crippen LogP contribution in [-0.2, 0) is 9.59 Å². The van der Waals surface area contributed by atoms with Crippen LogP contribution in [0.15, 0.2) is 34.9 Å². The number of fused-ring (bicyclic) bond motifs is 1. The third-order valence-corrected chi connectivity index (χ3v) is 4.37. The summed E-state index contributed by atoms with van der Waals surface area (Å²) in [5, 5.41) is 0. The van der Waals surface area contributed by atoms with Crippen LogP contribution >= 0.6 is 0 Å². The lowest BCUT2D eigenvalue weighted by Crippen LogP contribution is -2.25. The molecule has 0 aliphatic heterocycles. The van der Waals surface area contributed by atoms with Crippen LogP contribution in [0.5, 0.6) is 0 Å². The van der Waals surface area contributed by atoms with E-state index in [0.29, 0.717) is 12.0 Å². The van der Waals surface area contributed by atoms with E-state index in [0.717, 1.165) is 36.0 Å². The number of allylic oxidation sites excluding steroid dienone is 5. The van der Waals surface area contributed by atoms with Crippen molar-refractivity contribution in [3.63, 3.8) is 0 Å². The zero-order valence-electron chi connectivity index (χ0n) is 12.1. The fraction of sp³-hybridized carbons (Fsp3) is 0.529. The molecule has 102 valence electrons. The topological polar surface area (TPSA) is 34.1 Å². The SMILES string of the molecule is C=C1CCCC2C=C(C)C(=O)C(CC)=C(C(C)=O)C12. The summed E-state index contributed by atoms with van der Waals surface area (Å²) in [5.41, 5.74) is 3.34. The smallest absolute Gasteiger partial charge is 0.184 e. The number of carbonyl (C=O) groups is 2. The molecular formula is C17H22O2. The van der Waals surface area contributed by atoms with E-state index in [2.05, 4.69) is 12.7 Å². The number of rotatable bonds is 2. The van der Waals surface area contributed by atoms with Crippen LogP contribution in [0.4, 0.5) is 0 Å². The Labute approximate surface area is 115 Å². The molecule has 0 bridgehead atoms. The van der Waals surface area contributed by atoms with E-state index in [1.54, 1.807) is 6.92 Å². The van der Waals surface area contributed by atoms with Crippen molar-refractivity contribution in [2.45, 2.75) is 46.5 Å². The van der Waals surface area contributed by atoms with E-state index in [-0.39, 0.29) is 23.4 Å². The Morgan fingerprint density at radius 2 is 2.16 bits per heavy atom. The van der Waals surface area contributed by atoms with E-state index in [1.165, 1.54) is 0 Å². The molecule has 2 heteroatoms. The van der Waals surface area contributed by atoms with E-state index in [9.17, 15) is 9.59 Å². The molecule has 2 rings (SSSR count). The lowest BCUT2D eigenvalue weighted by atomic mass is 9.71. The number of Topliss-reactive ketones (excluding diaryl/α,β-unsaturated/α-hetero) is 2. The summed E-state index contributed by atoms with van der Waals surface area (Å²) in [5.74, 6) is 0.414. The Bertz CT molecular complexity index is 505. The van der Waals surface area contributed by atoms with E-state index in [1.807, 2.05) is 13.8 Å². The molecule has 2 aliphatic carbocycles. The molecule has 19 heavy (non-hydrogen) atoms. The molecule has 0 heterocycles. The predicted molar refractivity (Wildman–Crippen MR) is 76.7 cm³/mol. The van der Waals surface area contributed by atoms with Gasteiger partial charge in [0.05, 0.1) is 0 Å². The van der Waals surface area contributed by atoms with Crippen molar-refractivity contribution in [3.8, 4) is 0 Å². The zero-order chi connectivity index (χ0) is 14.2. The lowest BCUT2D eigenvalue weighted by Gasteiger charge is -2.32. The molecule has 0 radical (unpaired) electrons. The largest absolute Gasteiger partial charge is 0.295 e. The van der Waals surface area contributed by atoms with Crippen molar-refractivity contribution in [3.05, 3.63) is 34.9 Å². The van der Waals surface area contributed by atoms with Gasteiger partial charge in [0.1, 0.15) is 0 Å². The minimum Gasteiger partial charge on any atom is -0.295 e. The van der Waals surface area contributed by atoms with Crippen LogP contribution < -0.4 is 0 Å². The minimum atomic E-state index is 0.0337. The highest BCUT2D eigenvalue weighted by Gasteiger charge is 2.36. The molecule has 1 fully saturated rings. The highest BCUT2D eigenvalue weighted by atomic mass is 16.1. The lowest BCUT2D eigenvalue weighted by molar-refractivity contribution is -0.116. The number of hydrogen-bond acceptors (Lipinski definition) is 2. The molecule has 0 amide bonds. The summed E-state index contributed by atoms with van der Waals surface area (Å²) in [4.78, 5) is 24.5. The summed E-state index contributed by atoms with van der Waals surface area (Å²) in [6, 6.07) is 0. The predicted octanol–water partition coefficient (Wildman–Crippen LogP) is 3.78. The first-order valence-corrected chi connectivity index (χ1v) is 7.12. The van der Waals surface area contributed by atoms with Gasteiger partial charge in [-0.25, -0.2) is 0 Å².